The number of aryl methyl sites for hydroxylation is 1. The van der Waals surface area contributed by atoms with Crippen LogP contribution in [0.2, 0.25) is 0 Å². The maximum atomic E-state index is 12.4. The zero-order chi connectivity index (χ0) is 20.5. The fraction of sp³-hybridized carbons (Fsp3) is 0.333. The quantitative estimate of drug-likeness (QED) is 0.683. The molecule has 0 fully saturated rings. The number of esters is 1. The normalized spacial score (nSPS) is 11.6. The molecule has 1 aromatic heterocycles. The Labute approximate surface area is 164 Å². The number of benzene rings is 1. The summed E-state index contributed by atoms with van der Waals surface area (Å²) in [5, 5.41) is 5.26. The van der Waals surface area contributed by atoms with E-state index >= 15 is 0 Å². The molecule has 0 aliphatic carbocycles. The lowest BCUT2D eigenvalue weighted by molar-refractivity contribution is -0.149. The topological polar surface area (TPSA) is 97.4 Å². The van der Waals surface area contributed by atoms with Crippen molar-refractivity contribution in [3.8, 4) is 0 Å². The predicted molar refractivity (Wildman–Crippen MR) is 106 cm³/mol. The van der Waals surface area contributed by atoms with Crippen LogP contribution in [0, 0.1) is 12.8 Å². The lowest BCUT2D eigenvalue weighted by Gasteiger charge is -2.19. The summed E-state index contributed by atoms with van der Waals surface area (Å²) in [4.78, 5) is 40.8. The Morgan fingerprint density at radius 2 is 1.82 bits per heavy atom. The van der Waals surface area contributed by atoms with Gasteiger partial charge in [0.25, 0.3) is 11.8 Å². The highest BCUT2D eigenvalue weighted by Crippen LogP contribution is 2.09. The zero-order valence-corrected chi connectivity index (χ0v) is 16.3. The fourth-order valence-corrected chi connectivity index (χ4v) is 2.54. The molecule has 1 atom stereocenters. The summed E-state index contributed by atoms with van der Waals surface area (Å²) in [6, 6.07) is 11.3. The monoisotopic (exact) mass is 383 g/mol. The molecular formula is C21H25N3O4. The lowest BCUT2D eigenvalue weighted by Crippen LogP contribution is -2.43. The molecule has 0 unspecified atom stereocenters. The first kappa shape index (κ1) is 21.1. The minimum absolute atomic E-state index is 0.152. The maximum absolute atomic E-state index is 12.4. The Balaban J connectivity index is 1.92. The van der Waals surface area contributed by atoms with Gasteiger partial charge in [0.15, 0.2) is 6.61 Å². The first-order chi connectivity index (χ1) is 13.3. The third kappa shape index (κ3) is 6.83. The summed E-state index contributed by atoms with van der Waals surface area (Å²) < 4.78 is 5.11. The number of ether oxygens (including phenoxy) is 1. The van der Waals surface area contributed by atoms with Crippen molar-refractivity contribution in [1.29, 1.82) is 0 Å². The molecule has 0 aliphatic rings. The minimum atomic E-state index is -0.836. The number of aromatic nitrogens is 1. The van der Waals surface area contributed by atoms with Crippen LogP contribution in [0.5, 0.6) is 0 Å². The molecule has 148 valence electrons. The first-order valence-corrected chi connectivity index (χ1v) is 9.10. The van der Waals surface area contributed by atoms with Crippen LogP contribution in [0.4, 0.5) is 5.82 Å². The molecule has 0 aliphatic heterocycles. The Morgan fingerprint density at radius 1 is 1.11 bits per heavy atom. The molecule has 28 heavy (non-hydrogen) atoms. The van der Waals surface area contributed by atoms with E-state index in [1.54, 1.807) is 42.6 Å². The minimum Gasteiger partial charge on any atom is -0.454 e. The van der Waals surface area contributed by atoms with Gasteiger partial charge in [-0.05, 0) is 49.1 Å². The van der Waals surface area contributed by atoms with Gasteiger partial charge in [-0.25, -0.2) is 9.78 Å². The van der Waals surface area contributed by atoms with Crippen LogP contribution in [-0.4, -0.2) is 35.4 Å². The number of pyridine rings is 1. The molecule has 1 heterocycles. The van der Waals surface area contributed by atoms with Gasteiger partial charge in [0.2, 0.25) is 0 Å². The summed E-state index contributed by atoms with van der Waals surface area (Å²) in [5.41, 5.74) is 1.40. The van der Waals surface area contributed by atoms with Crippen LogP contribution in [0.25, 0.3) is 0 Å². The van der Waals surface area contributed by atoms with Crippen molar-refractivity contribution in [3.63, 3.8) is 0 Å². The average Bonchev–Trinajstić information content (AvgIpc) is 2.66. The first-order valence-electron chi connectivity index (χ1n) is 9.10. The van der Waals surface area contributed by atoms with E-state index in [2.05, 4.69) is 15.6 Å². The Bertz CT molecular complexity index is 821. The molecule has 7 heteroatoms. The van der Waals surface area contributed by atoms with E-state index in [9.17, 15) is 14.4 Å². The van der Waals surface area contributed by atoms with Gasteiger partial charge in [-0.15, -0.1) is 0 Å². The number of hydrogen-bond donors (Lipinski definition) is 2. The highest BCUT2D eigenvalue weighted by atomic mass is 16.5. The lowest BCUT2D eigenvalue weighted by atomic mass is 10.0. The number of anilines is 1. The molecule has 2 aromatic rings. The number of hydrogen-bond acceptors (Lipinski definition) is 5. The molecule has 0 saturated carbocycles. The summed E-state index contributed by atoms with van der Waals surface area (Å²) in [6.07, 6.45) is 1.98. The van der Waals surface area contributed by atoms with Crippen LogP contribution < -0.4 is 10.6 Å². The Kier molecular flexibility index (Phi) is 7.68. The van der Waals surface area contributed by atoms with E-state index in [4.69, 9.17) is 4.74 Å². The molecule has 0 spiro atoms. The second-order valence-corrected chi connectivity index (χ2v) is 6.90. The number of amides is 2. The van der Waals surface area contributed by atoms with Crippen molar-refractivity contribution in [1.82, 2.24) is 10.3 Å². The van der Waals surface area contributed by atoms with Crippen molar-refractivity contribution >= 4 is 23.6 Å². The molecule has 0 bridgehead atoms. The third-order valence-electron chi connectivity index (χ3n) is 3.86. The number of rotatable bonds is 8. The SMILES string of the molecule is Cc1ccnc(NC(=O)COC(=O)[C@H](CC(C)C)NC(=O)c2ccccc2)c1. The highest BCUT2D eigenvalue weighted by Gasteiger charge is 2.24. The Morgan fingerprint density at radius 3 is 2.46 bits per heavy atom. The van der Waals surface area contributed by atoms with Crippen molar-refractivity contribution in [3.05, 3.63) is 59.8 Å². The number of carbonyl (C=O) groups excluding carboxylic acids is 3. The van der Waals surface area contributed by atoms with Crippen molar-refractivity contribution in [2.45, 2.75) is 33.2 Å². The van der Waals surface area contributed by atoms with Gasteiger partial charge in [-0.2, -0.15) is 0 Å². The summed E-state index contributed by atoms with van der Waals surface area (Å²) in [6.45, 7) is 5.30. The van der Waals surface area contributed by atoms with Crippen LogP contribution >= 0.6 is 0 Å². The van der Waals surface area contributed by atoms with Crippen LogP contribution in [0.3, 0.4) is 0 Å². The summed E-state index contributed by atoms with van der Waals surface area (Å²) in [7, 11) is 0. The molecular weight excluding hydrogens is 358 g/mol. The maximum Gasteiger partial charge on any atom is 0.329 e. The number of carbonyl (C=O) groups is 3. The second-order valence-electron chi connectivity index (χ2n) is 6.90. The van der Waals surface area contributed by atoms with Crippen molar-refractivity contribution < 1.29 is 19.1 Å². The molecule has 2 rings (SSSR count). The number of nitrogens with one attached hydrogen (secondary N) is 2. The summed E-state index contributed by atoms with van der Waals surface area (Å²) in [5.74, 6) is -0.970. The van der Waals surface area contributed by atoms with Crippen LogP contribution in [-0.2, 0) is 14.3 Å². The fourth-order valence-electron chi connectivity index (χ4n) is 2.54. The average molecular weight is 383 g/mol. The van der Waals surface area contributed by atoms with Gasteiger partial charge < -0.3 is 15.4 Å². The second kappa shape index (κ2) is 10.2. The number of nitrogens with zero attached hydrogens (tertiary/aromatic N) is 1. The van der Waals surface area contributed by atoms with Crippen molar-refractivity contribution in [2.75, 3.05) is 11.9 Å². The standard InChI is InChI=1S/C21H25N3O4/c1-14(2)11-17(23-20(26)16-7-5-4-6-8-16)21(27)28-13-19(25)24-18-12-15(3)9-10-22-18/h4-10,12,14,17H,11,13H2,1-3H3,(H,23,26)(H,22,24,25)/t17-/m0/s1. The van der Waals surface area contributed by atoms with Crippen LogP contribution in [0.1, 0.15) is 36.2 Å². The Hall–Kier alpha value is -3.22. The molecule has 7 nitrogen and oxygen atoms in total. The molecule has 0 radical (unpaired) electrons. The van der Waals surface area contributed by atoms with Crippen LogP contribution in [0.15, 0.2) is 48.7 Å². The van der Waals surface area contributed by atoms with Gasteiger partial charge >= 0.3 is 5.97 Å². The molecule has 1 aromatic carbocycles. The molecule has 2 N–H and O–H groups in total. The van der Waals surface area contributed by atoms with E-state index < -0.39 is 24.5 Å². The van der Waals surface area contributed by atoms with Gasteiger partial charge in [-0.1, -0.05) is 32.0 Å². The van der Waals surface area contributed by atoms with Gasteiger partial charge in [0.05, 0.1) is 0 Å². The van der Waals surface area contributed by atoms with Crippen molar-refractivity contribution in [2.24, 2.45) is 5.92 Å². The van der Waals surface area contributed by atoms with Gasteiger partial charge in [0.1, 0.15) is 11.9 Å². The van der Waals surface area contributed by atoms with Gasteiger partial charge in [-0.3, -0.25) is 9.59 Å². The molecule has 0 saturated heterocycles. The summed E-state index contributed by atoms with van der Waals surface area (Å²) >= 11 is 0. The zero-order valence-electron chi connectivity index (χ0n) is 16.3. The largest absolute Gasteiger partial charge is 0.454 e. The molecule has 2 amide bonds. The predicted octanol–water partition coefficient (Wildman–Crippen LogP) is 2.72. The van der Waals surface area contributed by atoms with E-state index in [1.807, 2.05) is 26.8 Å². The van der Waals surface area contributed by atoms with E-state index in [-0.39, 0.29) is 11.8 Å². The van der Waals surface area contributed by atoms with Gasteiger partial charge in [0, 0.05) is 11.8 Å². The van der Waals surface area contributed by atoms with E-state index in [0.717, 1.165) is 5.56 Å². The van der Waals surface area contributed by atoms with E-state index in [1.165, 1.54) is 0 Å². The smallest absolute Gasteiger partial charge is 0.329 e. The third-order valence-corrected chi connectivity index (χ3v) is 3.86. The van der Waals surface area contributed by atoms with E-state index in [0.29, 0.717) is 17.8 Å². The highest BCUT2D eigenvalue weighted by molar-refractivity contribution is 5.97.